The van der Waals surface area contributed by atoms with Crippen LogP contribution in [0, 0.1) is 0 Å². The molecule has 0 aromatic heterocycles. The van der Waals surface area contributed by atoms with E-state index < -0.39 is 0 Å². The molecular weight excluding hydrogens is 330 g/mol. The van der Waals surface area contributed by atoms with E-state index in [9.17, 15) is 0 Å². The quantitative estimate of drug-likeness (QED) is 0.225. The van der Waals surface area contributed by atoms with Gasteiger partial charge in [-0.1, -0.05) is 110 Å². The maximum absolute atomic E-state index is 5.81. The van der Waals surface area contributed by atoms with Crippen molar-refractivity contribution >= 4 is 0 Å². The predicted molar refractivity (Wildman–Crippen MR) is 121 cm³/mol. The molecule has 0 spiro atoms. The van der Waals surface area contributed by atoms with Crippen molar-refractivity contribution in [2.75, 3.05) is 19.6 Å². The first kappa shape index (κ1) is 25.0. The summed E-state index contributed by atoms with van der Waals surface area (Å²) in [5.74, 6) is 0. The highest BCUT2D eigenvalue weighted by atomic mass is 16.5. The number of hydrogen-bond donors (Lipinski definition) is 0. The Bertz CT molecular complexity index is 297. The molecule has 2 atom stereocenters. The lowest BCUT2D eigenvalue weighted by Crippen LogP contribution is -2.45. The Labute approximate surface area is 171 Å². The summed E-state index contributed by atoms with van der Waals surface area (Å²) in [6.07, 6.45) is 25.5. The van der Waals surface area contributed by atoms with E-state index >= 15 is 0 Å². The second-order valence-electron chi connectivity index (χ2n) is 9.17. The van der Waals surface area contributed by atoms with Crippen molar-refractivity contribution in [1.82, 2.24) is 4.90 Å². The second kappa shape index (κ2) is 18.0. The van der Waals surface area contributed by atoms with Crippen molar-refractivity contribution in [3.8, 4) is 0 Å². The van der Waals surface area contributed by atoms with E-state index in [1.165, 1.54) is 116 Å². The average Bonchev–Trinajstić information content (AvgIpc) is 2.63. The Morgan fingerprint density at radius 1 is 0.556 bits per heavy atom. The van der Waals surface area contributed by atoms with E-state index in [4.69, 9.17) is 4.74 Å². The van der Waals surface area contributed by atoms with Crippen LogP contribution in [0.15, 0.2) is 0 Å². The van der Waals surface area contributed by atoms with Crippen LogP contribution in [0.4, 0.5) is 0 Å². The fraction of sp³-hybridized carbons (Fsp3) is 1.00. The maximum Gasteiger partial charge on any atom is 0.0678 e. The number of unbranched alkanes of at least 4 members (excludes halogenated alkanes) is 16. The van der Waals surface area contributed by atoms with E-state index in [0.717, 1.165) is 13.1 Å². The summed E-state index contributed by atoms with van der Waals surface area (Å²) in [5, 5.41) is 0. The standard InChI is InChI=1S/C25H51NO/c1-4-5-6-7-8-9-10-11-12-13-14-15-16-17-18-19-20-21-26-22-24(2)27-25(3)23-26/h24-25H,4-23H2,1-3H3. The van der Waals surface area contributed by atoms with Gasteiger partial charge in [-0.3, -0.25) is 4.90 Å². The van der Waals surface area contributed by atoms with Crippen molar-refractivity contribution in [2.24, 2.45) is 0 Å². The molecule has 0 bridgehead atoms. The molecule has 1 rings (SSSR count). The minimum atomic E-state index is 0.416. The topological polar surface area (TPSA) is 12.5 Å². The normalized spacial score (nSPS) is 21.0. The summed E-state index contributed by atoms with van der Waals surface area (Å²) >= 11 is 0. The van der Waals surface area contributed by atoms with E-state index in [1.54, 1.807) is 0 Å². The SMILES string of the molecule is CCCCCCCCCCCCCCCCCCCN1CC(C)OC(C)C1. The highest BCUT2D eigenvalue weighted by molar-refractivity contribution is 4.72. The van der Waals surface area contributed by atoms with Crippen molar-refractivity contribution in [3.05, 3.63) is 0 Å². The van der Waals surface area contributed by atoms with Crippen LogP contribution in [0.1, 0.15) is 130 Å². The lowest BCUT2D eigenvalue weighted by atomic mass is 10.0. The van der Waals surface area contributed by atoms with Crippen LogP contribution in [0.2, 0.25) is 0 Å². The molecule has 1 saturated heterocycles. The third kappa shape index (κ3) is 15.5. The smallest absolute Gasteiger partial charge is 0.0678 e. The molecule has 1 fully saturated rings. The molecule has 1 heterocycles. The summed E-state index contributed by atoms with van der Waals surface area (Å²) in [6, 6.07) is 0. The van der Waals surface area contributed by atoms with Crippen LogP contribution in [-0.2, 0) is 4.74 Å². The summed E-state index contributed by atoms with van der Waals surface area (Å²) in [7, 11) is 0. The molecule has 2 unspecified atom stereocenters. The predicted octanol–water partition coefficient (Wildman–Crippen LogP) is 7.75. The monoisotopic (exact) mass is 381 g/mol. The molecule has 0 saturated carbocycles. The van der Waals surface area contributed by atoms with Gasteiger partial charge < -0.3 is 4.74 Å². The van der Waals surface area contributed by atoms with Crippen LogP contribution in [0.5, 0.6) is 0 Å². The molecule has 0 amide bonds. The lowest BCUT2D eigenvalue weighted by Gasteiger charge is -2.35. The Hall–Kier alpha value is -0.0800. The summed E-state index contributed by atoms with van der Waals surface area (Å²) in [4.78, 5) is 2.60. The molecule has 0 aliphatic carbocycles. The molecule has 0 aromatic carbocycles. The van der Waals surface area contributed by atoms with Crippen molar-refractivity contribution < 1.29 is 4.74 Å². The number of rotatable bonds is 18. The highest BCUT2D eigenvalue weighted by Gasteiger charge is 2.21. The fourth-order valence-electron chi connectivity index (χ4n) is 4.53. The van der Waals surface area contributed by atoms with Gasteiger partial charge in [-0.05, 0) is 26.8 Å². The van der Waals surface area contributed by atoms with Crippen molar-refractivity contribution in [1.29, 1.82) is 0 Å². The van der Waals surface area contributed by atoms with Gasteiger partial charge in [-0.25, -0.2) is 0 Å². The van der Waals surface area contributed by atoms with Crippen LogP contribution in [0.25, 0.3) is 0 Å². The van der Waals surface area contributed by atoms with Gasteiger partial charge in [-0.15, -0.1) is 0 Å². The van der Waals surface area contributed by atoms with Crippen LogP contribution >= 0.6 is 0 Å². The molecule has 1 aliphatic rings. The minimum absolute atomic E-state index is 0.416. The van der Waals surface area contributed by atoms with Gasteiger partial charge in [0.25, 0.3) is 0 Å². The largest absolute Gasteiger partial charge is 0.373 e. The van der Waals surface area contributed by atoms with E-state index in [2.05, 4.69) is 25.7 Å². The summed E-state index contributed by atoms with van der Waals surface area (Å²) < 4.78 is 5.81. The Morgan fingerprint density at radius 3 is 1.26 bits per heavy atom. The van der Waals surface area contributed by atoms with Gasteiger partial charge in [0, 0.05) is 13.1 Å². The lowest BCUT2D eigenvalue weighted by molar-refractivity contribution is -0.0681. The Kier molecular flexibility index (Phi) is 16.6. The van der Waals surface area contributed by atoms with Crippen LogP contribution < -0.4 is 0 Å². The van der Waals surface area contributed by atoms with E-state index in [0.29, 0.717) is 12.2 Å². The van der Waals surface area contributed by atoms with Gasteiger partial charge in [0.05, 0.1) is 12.2 Å². The average molecular weight is 382 g/mol. The van der Waals surface area contributed by atoms with Crippen LogP contribution in [-0.4, -0.2) is 36.7 Å². The van der Waals surface area contributed by atoms with Gasteiger partial charge in [0.2, 0.25) is 0 Å². The number of ether oxygens (including phenoxy) is 1. The van der Waals surface area contributed by atoms with Gasteiger partial charge in [0.15, 0.2) is 0 Å². The molecular formula is C25H51NO. The molecule has 1 aliphatic heterocycles. The number of nitrogens with zero attached hydrogens (tertiary/aromatic N) is 1. The second-order valence-corrected chi connectivity index (χ2v) is 9.17. The Balaban J connectivity index is 1.72. The minimum Gasteiger partial charge on any atom is -0.373 e. The van der Waals surface area contributed by atoms with E-state index in [-0.39, 0.29) is 0 Å². The first-order valence-corrected chi connectivity index (χ1v) is 12.6. The van der Waals surface area contributed by atoms with Gasteiger partial charge in [0.1, 0.15) is 0 Å². The molecule has 27 heavy (non-hydrogen) atoms. The zero-order chi connectivity index (χ0) is 19.6. The van der Waals surface area contributed by atoms with Gasteiger partial charge in [-0.2, -0.15) is 0 Å². The zero-order valence-electron chi connectivity index (χ0n) is 19.2. The van der Waals surface area contributed by atoms with E-state index in [1.807, 2.05) is 0 Å². The molecule has 2 nitrogen and oxygen atoms in total. The molecule has 2 heteroatoms. The first-order valence-electron chi connectivity index (χ1n) is 12.6. The third-order valence-electron chi connectivity index (χ3n) is 6.07. The molecule has 0 N–H and O–H groups in total. The number of morpholine rings is 1. The van der Waals surface area contributed by atoms with Crippen molar-refractivity contribution in [2.45, 2.75) is 142 Å². The van der Waals surface area contributed by atoms with Crippen molar-refractivity contribution in [3.63, 3.8) is 0 Å². The van der Waals surface area contributed by atoms with Gasteiger partial charge >= 0.3 is 0 Å². The zero-order valence-corrected chi connectivity index (χ0v) is 19.2. The Morgan fingerprint density at radius 2 is 0.889 bits per heavy atom. The number of hydrogen-bond acceptors (Lipinski definition) is 2. The highest BCUT2D eigenvalue weighted by Crippen LogP contribution is 2.15. The fourth-order valence-corrected chi connectivity index (χ4v) is 4.53. The molecule has 162 valence electrons. The summed E-state index contributed by atoms with van der Waals surface area (Å²) in [6.45, 7) is 10.2. The molecule has 0 radical (unpaired) electrons. The first-order chi connectivity index (χ1) is 13.2. The maximum atomic E-state index is 5.81. The molecule has 0 aromatic rings. The summed E-state index contributed by atoms with van der Waals surface area (Å²) in [5.41, 5.74) is 0. The van der Waals surface area contributed by atoms with Crippen LogP contribution in [0.3, 0.4) is 0 Å². The third-order valence-corrected chi connectivity index (χ3v) is 6.07.